The highest BCUT2D eigenvalue weighted by Crippen LogP contribution is 2.22. The summed E-state index contributed by atoms with van der Waals surface area (Å²) in [6, 6.07) is 11.2. The summed E-state index contributed by atoms with van der Waals surface area (Å²) >= 11 is 1.69. The predicted molar refractivity (Wildman–Crippen MR) is 73.7 cm³/mol. The van der Waals surface area contributed by atoms with Crippen molar-refractivity contribution in [1.29, 1.82) is 5.26 Å². The van der Waals surface area contributed by atoms with Crippen LogP contribution in [0, 0.1) is 11.3 Å². The number of benzene rings is 1. The number of rotatable bonds is 4. The van der Waals surface area contributed by atoms with E-state index < -0.39 is 0 Å². The summed E-state index contributed by atoms with van der Waals surface area (Å²) in [7, 11) is 0. The highest BCUT2D eigenvalue weighted by Gasteiger charge is 2.07. The van der Waals surface area contributed by atoms with Crippen LogP contribution in [-0.4, -0.2) is 15.5 Å². The molecule has 0 saturated carbocycles. The van der Waals surface area contributed by atoms with Gasteiger partial charge in [0.2, 0.25) is 0 Å². The molecule has 18 heavy (non-hydrogen) atoms. The van der Waals surface area contributed by atoms with Crippen molar-refractivity contribution < 1.29 is 0 Å². The molecule has 0 spiro atoms. The van der Waals surface area contributed by atoms with Crippen molar-refractivity contribution in [3.05, 3.63) is 35.9 Å². The standard InChI is InChI=1S/C13H14N4S/c1-2-7-18-13-8-12(15)17(16-13)11-5-3-10(9-14)4-6-11/h3-6,8H,2,7,15H2,1H3. The first kappa shape index (κ1) is 12.5. The quantitative estimate of drug-likeness (QED) is 0.856. The van der Waals surface area contributed by atoms with E-state index in [-0.39, 0.29) is 0 Å². The Balaban J connectivity index is 2.26. The molecule has 1 aromatic carbocycles. The molecule has 0 aliphatic carbocycles. The lowest BCUT2D eigenvalue weighted by Gasteiger charge is -2.03. The predicted octanol–water partition coefficient (Wildman–Crippen LogP) is 2.83. The van der Waals surface area contributed by atoms with E-state index in [2.05, 4.69) is 18.1 Å². The fourth-order valence-corrected chi connectivity index (χ4v) is 2.29. The van der Waals surface area contributed by atoms with Crippen LogP contribution in [0.1, 0.15) is 18.9 Å². The molecule has 0 aliphatic heterocycles. The van der Waals surface area contributed by atoms with Crippen molar-refractivity contribution in [2.75, 3.05) is 11.5 Å². The summed E-state index contributed by atoms with van der Waals surface area (Å²) in [6.45, 7) is 2.13. The molecular weight excluding hydrogens is 244 g/mol. The third-order valence-corrected chi connectivity index (χ3v) is 3.52. The molecule has 0 atom stereocenters. The Labute approximate surface area is 110 Å². The van der Waals surface area contributed by atoms with Gasteiger partial charge in [-0.05, 0) is 36.4 Å². The van der Waals surface area contributed by atoms with Crippen LogP contribution in [-0.2, 0) is 0 Å². The number of nitrogens with two attached hydrogens (primary N) is 1. The minimum atomic E-state index is 0.610. The molecule has 4 nitrogen and oxygen atoms in total. The summed E-state index contributed by atoms with van der Waals surface area (Å²) < 4.78 is 1.69. The molecule has 2 aromatic rings. The maximum absolute atomic E-state index is 8.75. The second-order valence-corrected chi connectivity index (χ2v) is 4.94. The van der Waals surface area contributed by atoms with Crippen molar-refractivity contribution >= 4 is 17.6 Å². The summed E-state index contributed by atoms with van der Waals surface area (Å²) in [5.41, 5.74) is 7.44. The number of hydrogen-bond donors (Lipinski definition) is 1. The van der Waals surface area contributed by atoms with Gasteiger partial charge in [-0.2, -0.15) is 10.4 Å². The first-order valence-corrected chi connectivity index (χ1v) is 6.72. The third kappa shape index (κ3) is 2.66. The average molecular weight is 258 g/mol. The van der Waals surface area contributed by atoms with Crippen LogP contribution in [0.3, 0.4) is 0 Å². The lowest BCUT2D eigenvalue weighted by molar-refractivity contribution is 0.845. The fraction of sp³-hybridized carbons (Fsp3) is 0.231. The summed E-state index contributed by atoms with van der Waals surface area (Å²) in [5.74, 6) is 1.64. The van der Waals surface area contributed by atoms with E-state index in [1.165, 1.54) is 0 Å². The van der Waals surface area contributed by atoms with Crippen LogP contribution in [0.25, 0.3) is 5.69 Å². The number of nitrogen functional groups attached to an aromatic ring is 1. The molecule has 0 unspecified atom stereocenters. The second-order valence-electron chi connectivity index (χ2n) is 3.83. The first-order valence-electron chi connectivity index (χ1n) is 5.73. The van der Waals surface area contributed by atoms with E-state index in [0.717, 1.165) is 22.9 Å². The Kier molecular flexibility index (Phi) is 3.90. The van der Waals surface area contributed by atoms with Gasteiger partial charge in [0, 0.05) is 6.07 Å². The summed E-state index contributed by atoms with van der Waals surface area (Å²) in [4.78, 5) is 0. The molecule has 2 N–H and O–H groups in total. The number of anilines is 1. The van der Waals surface area contributed by atoms with E-state index in [1.54, 1.807) is 28.6 Å². The van der Waals surface area contributed by atoms with Gasteiger partial charge in [0.1, 0.15) is 10.8 Å². The summed E-state index contributed by atoms with van der Waals surface area (Å²) in [5, 5.41) is 14.1. The maximum atomic E-state index is 8.75. The Morgan fingerprint density at radius 2 is 2.11 bits per heavy atom. The molecule has 0 radical (unpaired) electrons. The Morgan fingerprint density at radius 3 is 2.72 bits per heavy atom. The lowest BCUT2D eigenvalue weighted by Crippen LogP contribution is -2.01. The molecule has 0 fully saturated rings. The zero-order valence-corrected chi connectivity index (χ0v) is 10.9. The van der Waals surface area contributed by atoms with Gasteiger partial charge in [-0.15, -0.1) is 11.8 Å². The van der Waals surface area contributed by atoms with E-state index in [9.17, 15) is 0 Å². The SMILES string of the molecule is CCCSc1cc(N)n(-c2ccc(C#N)cc2)n1. The zero-order chi connectivity index (χ0) is 13.0. The average Bonchev–Trinajstić information content (AvgIpc) is 2.78. The number of hydrogen-bond acceptors (Lipinski definition) is 4. The molecular formula is C13H14N4S. The second kappa shape index (κ2) is 5.61. The van der Waals surface area contributed by atoms with Crippen molar-refractivity contribution in [2.45, 2.75) is 18.4 Å². The van der Waals surface area contributed by atoms with Gasteiger partial charge in [-0.1, -0.05) is 6.92 Å². The largest absolute Gasteiger partial charge is 0.384 e. The highest BCUT2D eigenvalue weighted by atomic mass is 32.2. The zero-order valence-electron chi connectivity index (χ0n) is 10.1. The van der Waals surface area contributed by atoms with E-state index in [1.807, 2.05) is 18.2 Å². The van der Waals surface area contributed by atoms with Crippen LogP contribution >= 0.6 is 11.8 Å². The molecule has 92 valence electrons. The van der Waals surface area contributed by atoms with E-state index >= 15 is 0 Å². The van der Waals surface area contributed by atoms with Gasteiger partial charge in [-0.25, -0.2) is 4.68 Å². The van der Waals surface area contributed by atoms with Gasteiger partial charge in [0.15, 0.2) is 0 Å². The maximum Gasteiger partial charge on any atom is 0.128 e. The van der Waals surface area contributed by atoms with Gasteiger partial charge in [0.05, 0.1) is 17.3 Å². The van der Waals surface area contributed by atoms with Crippen molar-refractivity contribution in [3.8, 4) is 11.8 Å². The number of thioether (sulfide) groups is 1. The van der Waals surface area contributed by atoms with Crippen molar-refractivity contribution in [3.63, 3.8) is 0 Å². The fourth-order valence-electron chi connectivity index (χ4n) is 1.53. The van der Waals surface area contributed by atoms with Crippen molar-refractivity contribution in [2.24, 2.45) is 0 Å². The van der Waals surface area contributed by atoms with Gasteiger partial charge in [0.25, 0.3) is 0 Å². The Bertz CT molecular complexity index is 566. The molecule has 5 heteroatoms. The lowest BCUT2D eigenvalue weighted by atomic mass is 10.2. The topological polar surface area (TPSA) is 67.6 Å². The normalized spacial score (nSPS) is 10.2. The van der Waals surface area contributed by atoms with Gasteiger partial charge >= 0.3 is 0 Å². The van der Waals surface area contributed by atoms with Crippen molar-refractivity contribution in [1.82, 2.24) is 9.78 Å². The van der Waals surface area contributed by atoms with Gasteiger partial charge < -0.3 is 5.73 Å². The number of nitriles is 1. The van der Waals surface area contributed by atoms with Crippen LogP contribution in [0.4, 0.5) is 5.82 Å². The van der Waals surface area contributed by atoms with Gasteiger partial charge in [-0.3, -0.25) is 0 Å². The molecule has 0 saturated heterocycles. The number of aromatic nitrogens is 2. The van der Waals surface area contributed by atoms with E-state index in [4.69, 9.17) is 11.0 Å². The van der Waals surface area contributed by atoms with Crippen LogP contribution in [0.2, 0.25) is 0 Å². The van der Waals surface area contributed by atoms with Crippen LogP contribution in [0.5, 0.6) is 0 Å². The van der Waals surface area contributed by atoms with E-state index in [0.29, 0.717) is 11.4 Å². The van der Waals surface area contributed by atoms with Crippen LogP contribution < -0.4 is 5.73 Å². The Hall–Kier alpha value is -1.93. The monoisotopic (exact) mass is 258 g/mol. The molecule has 0 aliphatic rings. The first-order chi connectivity index (χ1) is 8.74. The molecule has 1 aromatic heterocycles. The summed E-state index contributed by atoms with van der Waals surface area (Å²) in [6.07, 6.45) is 1.11. The smallest absolute Gasteiger partial charge is 0.128 e. The minimum absolute atomic E-state index is 0.610. The molecule has 1 heterocycles. The molecule has 2 rings (SSSR count). The molecule has 0 bridgehead atoms. The minimum Gasteiger partial charge on any atom is -0.384 e. The highest BCUT2D eigenvalue weighted by molar-refractivity contribution is 7.99. The number of nitrogens with zero attached hydrogens (tertiary/aromatic N) is 3. The molecule has 0 amide bonds. The Morgan fingerprint density at radius 1 is 1.39 bits per heavy atom. The van der Waals surface area contributed by atoms with Crippen LogP contribution in [0.15, 0.2) is 35.4 Å². The third-order valence-electron chi connectivity index (χ3n) is 2.41.